The Morgan fingerprint density at radius 3 is 1.68 bits per heavy atom. The van der Waals surface area contributed by atoms with Gasteiger partial charge < -0.3 is 42.3 Å². The number of nitrogens with two attached hydrogens (primary N) is 2. The third kappa shape index (κ3) is 23.9. The molecule has 0 bridgehead atoms. The summed E-state index contributed by atoms with van der Waals surface area (Å²) in [4.78, 5) is 11.6. The van der Waals surface area contributed by atoms with Gasteiger partial charge in [0.25, 0.3) is 0 Å². The Hall–Kier alpha value is -0.930. The van der Waals surface area contributed by atoms with Crippen molar-refractivity contribution in [3.8, 4) is 0 Å². The van der Waals surface area contributed by atoms with E-state index in [-0.39, 0.29) is 11.9 Å². The van der Waals surface area contributed by atoms with Crippen LogP contribution in [0, 0.1) is 0 Å². The highest BCUT2D eigenvalue weighted by Crippen LogP contribution is 2.05. The van der Waals surface area contributed by atoms with E-state index in [1.807, 2.05) is 6.92 Å². The van der Waals surface area contributed by atoms with Crippen LogP contribution in [-0.2, 0) is 4.79 Å². The number of amides is 1. The first-order valence-corrected chi connectivity index (χ1v) is 14.1. The number of aliphatic hydroxyl groups is 5. The van der Waals surface area contributed by atoms with Crippen molar-refractivity contribution in [3.63, 3.8) is 0 Å². The van der Waals surface area contributed by atoms with Gasteiger partial charge in [-0.05, 0) is 90.1 Å². The van der Waals surface area contributed by atoms with Gasteiger partial charge in [0.15, 0.2) is 0 Å². The smallest absolute Gasteiger partial charge is 0.219 e. The molecular weight excluding hydrogens is 480 g/mol. The van der Waals surface area contributed by atoms with E-state index in [1.54, 1.807) is 0 Å². The Morgan fingerprint density at radius 1 is 0.676 bits per heavy atom. The van der Waals surface area contributed by atoms with Crippen LogP contribution in [0.2, 0.25) is 0 Å². The van der Waals surface area contributed by atoms with E-state index in [1.165, 1.54) is 0 Å². The molecule has 0 heterocycles. The van der Waals surface area contributed by atoms with Gasteiger partial charge in [-0.25, -0.2) is 0 Å². The van der Waals surface area contributed by atoms with Crippen molar-refractivity contribution in [1.82, 2.24) is 21.3 Å². The second-order valence-electron chi connectivity index (χ2n) is 9.80. The van der Waals surface area contributed by atoms with Crippen LogP contribution in [-0.4, -0.2) is 88.3 Å². The summed E-state index contributed by atoms with van der Waals surface area (Å²) < 4.78 is 0. The molecule has 0 aliphatic carbocycles. The molecule has 0 fully saturated rings. The van der Waals surface area contributed by atoms with Crippen molar-refractivity contribution >= 4 is 5.91 Å². The largest absolute Gasteiger partial charge is 0.379 e. The predicted molar refractivity (Wildman–Crippen MR) is 145 cm³/mol. The molecule has 6 unspecified atom stereocenters. The summed E-state index contributed by atoms with van der Waals surface area (Å²) in [5.74, 6) is -0.0487. The summed E-state index contributed by atoms with van der Waals surface area (Å²) in [7, 11) is 0. The summed E-state index contributed by atoms with van der Waals surface area (Å²) in [5, 5.41) is 60.5. The number of aliphatic hydroxyl groups excluding tert-OH is 5. The first-order valence-electron chi connectivity index (χ1n) is 14.1. The highest BCUT2D eigenvalue weighted by Gasteiger charge is 2.17. The summed E-state index contributed by atoms with van der Waals surface area (Å²) in [6.45, 7) is 3.88. The lowest BCUT2D eigenvalue weighted by molar-refractivity contribution is -0.121. The lowest BCUT2D eigenvalue weighted by Crippen LogP contribution is -2.49. The van der Waals surface area contributed by atoms with E-state index in [2.05, 4.69) is 21.3 Å². The van der Waals surface area contributed by atoms with Crippen LogP contribution in [0.25, 0.3) is 0 Å². The average Bonchev–Trinajstić information content (AvgIpc) is 2.82. The van der Waals surface area contributed by atoms with E-state index >= 15 is 0 Å². The van der Waals surface area contributed by atoms with E-state index in [0.717, 1.165) is 44.9 Å². The van der Waals surface area contributed by atoms with Gasteiger partial charge in [-0.1, -0.05) is 13.3 Å². The molecule has 0 spiro atoms. The van der Waals surface area contributed by atoms with Crippen molar-refractivity contribution in [1.29, 1.82) is 0 Å². The molecule has 0 aromatic heterocycles. The minimum absolute atomic E-state index is 0.0487. The van der Waals surface area contributed by atoms with Gasteiger partial charge in [-0.15, -0.1) is 0 Å². The Labute approximate surface area is 223 Å². The van der Waals surface area contributed by atoms with Crippen molar-refractivity contribution in [2.75, 3.05) is 19.6 Å². The van der Waals surface area contributed by atoms with Crippen LogP contribution >= 0.6 is 0 Å². The highest BCUT2D eigenvalue weighted by molar-refractivity contribution is 5.75. The molecule has 12 nitrogen and oxygen atoms in total. The quantitative estimate of drug-likeness (QED) is 0.0487. The first kappa shape index (κ1) is 36.1. The van der Waals surface area contributed by atoms with E-state index in [9.17, 15) is 25.2 Å². The maximum atomic E-state index is 11.6. The Bertz CT molecular complexity index is 532. The number of hydrogen-bond donors (Lipinski definition) is 11. The summed E-state index contributed by atoms with van der Waals surface area (Å²) >= 11 is 0. The number of carbonyl (C=O) groups is 1. The lowest BCUT2D eigenvalue weighted by atomic mass is 10.1. The van der Waals surface area contributed by atoms with Crippen molar-refractivity contribution in [2.45, 2.75) is 134 Å². The standard InChI is InChI=1S/C25H56N6O6/c1-2-10-19(25(27)37)31-24(36)14-5-8-18-29-22(34)12-3-6-16-28-21(33)13-4-7-17-30-23(35)15-9-11-20(26)32/h19-22,24-25,28-29,31-34,36-37H,2-18,26-27H2,1H3,(H,30,35). The number of carbonyl (C=O) groups excluding carboxylic acids is 1. The second kappa shape index (κ2) is 24.1. The van der Waals surface area contributed by atoms with Crippen LogP contribution in [0.4, 0.5) is 0 Å². The van der Waals surface area contributed by atoms with Crippen LogP contribution in [0.1, 0.15) is 96.8 Å². The zero-order chi connectivity index (χ0) is 27.9. The molecule has 0 rings (SSSR count). The number of nitrogens with one attached hydrogen (secondary N) is 4. The lowest BCUT2D eigenvalue weighted by Gasteiger charge is -2.24. The van der Waals surface area contributed by atoms with E-state index in [4.69, 9.17) is 16.6 Å². The highest BCUT2D eigenvalue weighted by atomic mass is 16.3. The van der Waals surface area contributed by atoms with Gasteiger partial charge in [0, 0.05) is 19.0 Å². The monoisotopic (exact) mass is 536 g/mol. The number of hydrogen-bond acceptors (Lipinski definition) is 11. The molecular formula is C25H56N6O6. The molecule has 0 radical (unpaired) electrons. The zero-order valence-corrected chi connectivity index (χ0v) is 22.8. The van der Waals surface area contributed by atoms with Gasteiger partial charge in [0.05, 0.1) is 0 Å². The van der Waals surface area contributed by atoms with Crippen molar-refractivity contribution in [2.24, 2.45) is 11.5 Å². The summed E-state index contributed by atoms with van der Waals surface area (Å²) in [6.07, 6.45) is 5.77. The zero-order valence-electron chi connectivity index (χ0n) is 22.8. The van der Waals surface area contributed by atoms with E-state index in [0.29, 0.717) is 64.6 Å². The molecule has 0 aromatic carbocycles. The normalized spacial score (nSPS) is 16.6. The van der Waals surface area contributed by atoms with Crippen LogP contribution in [0.5, 0.6) is 0 Å². The molecule has 6 atom stereocenters. The van der Waals surface area contributed by atoms with Gasteiger partial charge in [0.2, 0.25) is 5.91 Å². The maximum Gasteiger partial charge on any atom is 0.219 e. The molecule has 222 valence electrons. The number of rotatable bonds is 26. The number of unbranched alkanes of at least 4 members (excludes halogenated alkanes) is 3. The minimum Gasteiger partial charge on any atom is -0.379 e. The fourth-order valence-electron chi connectivity index (χ4n) is 3.91. The molecule has 13 N–H and O–H groups in total. The second-order valence-corrected chi connectivity index (χ2v) is 9.80. The molecule has 12 heteroatoms. The average molecular weight is 537 g/mol. The van der Waals surface area contributed by atoms with Crippen LogP contribution in [0.3, 0.4) is 0 Å². The third-order valence-corrected chi connectivity index (χ3v) is 6.12. The molecule has 0 saturated heterocycles. The first-order chi connectivity index (χ1) is 17.6. The minimum atomic E-state index is -0.995. The summed E-state index contributed by atoms with van der Waals surface area (Å²) in [6, 6.07) is -0.315. The molecule has 1 amide bonds. The van der Waals surface area contributed by atoms with Crippen molar-refractivity contribution in [3.05, 3.63) is 0 Å². The maximum absolute atomic E-state index is 11.6. The topological polar surface area (TPSA) is 218 Å². The third-order valence-electron chi connectivity index (χ3n) is 6.12. The Morgan fingerprint density at radius 2 is 1.19 bits per heavy atom. The molecule has 0 aliphatic rings. The Balaban J connectivity index is 3.57. The Kier molecular flexibility index (Phi) is 23.5. The molecule has 0 aliphatic heterocycles. The van der Waals surface area contributed by atoms with E-state index < -0.39 is 31.1 Å². The fraction of sp³-hybridized carbons (Fsp3) is 0.960. The molecule has 37 heavy (non-hydrogen) atoms. The van der Waals surface area contributed by atoms with Gasteiger partial charge in [0.1, 0.15) is 31.1 Å². The van der Waals surface area contributed by atoms with Gasteiger partial charge in [-0.2, -0.15) is 0 Å². The summed E-state index contributed by atoms with van der Waals surface area (Å²) in [5.41, 5.74) is 10.8. The van der Waals surface area contributed by atoms with Crippen LogP contribution in [0.15, 0.2) is 0 Å². The van der Waals surface area contributed by atoms with Gasteiger partial charge in [-0.3, -0.25) is 20.7 Å². The molecule has 0 aromatic rings. The fourth-order valence-corrected chi connectivity index (χ4v) is 3.91. The van der Waals surface area contributed by atoms with Gasteiger partial charge >= 0.3 is 0 Å². The predicted octanol–water partition coefficient (Wildman–Crippen LogP) is -0.769. The molecule has 0 saturated carbocycles. The van der Waals surface area contributed by atoms with Crippen LogP contribution < -0.4 is 32.7 Å². The SMILES string of the molecule is CCCC(NC(O)CCCCNC(O)CCCCNC(O)CCCCNC(=O)CCCC(N)O)C(N)O. The van der Waals surface area contributed by atoms with Crippen molar-refractivity contribution < 1.29 is 30.3 Å².